The Morgan fingerprint density at radius 1 is 0.905 bits per heavy atom. The van der Waals surface area contributed by atoms with Crippen LogP contribution in [0.1, 0.15) is 30.0 Å². The van der Waals surface area contributed by atoms with E-state index in [2.05, 4.69) is 66.4 Å². The molecule has 0 unspecified atom stereocenters. The molecule has 21 heavy (non-hydrogen) atoms. The molecule has 0 atom stereocenters. The van der Waals surface area contributed by atoms with Gasteiger partial charge in [-0.15, -0.1) is 0 Å². The molecule has 0 amide bonds. The van der Waals surface area contributed by atoms with Crippen molar-refractivity contribution < 1.29 is 0 Å². The summed E-state index contributed by atoms with van der Waals surface area (Å²) in [5, 5.41) is 0. The average Bonchev–Trinajstić information content (AvgIpc) is 2.55. The molecule has 0 fully saturated rings. The molecule has 0 aliphatic rings. The first-order valence-electron chi connectivity index (χ1n) is 7.86. The summed E-state index contributed by atoms with van der Waals surface area (Å²) in [4.78, 5) is 2.50. The van der Waals surface area contributed by atoms with Gasteiger partial charge in [0, 0.05) is 13.1 Å². The molecule has 0 saturated carbocycles. The van der Waals surface area contributed by atoms with E-state index in [0.717, 1.165) is 26.1 Å². The average molecular weight is 282 g/mol. The Labute approximate surface area is 128 Å². The van der Waals surface area contributed by atoms with Gasteiger partial charge in [-0.1, -0.05) is 61.5 Å². The summed E-state index contributed by atoms with van der Waals surface area (Å²) in [6.45, 7) is 6.09. The van der Waals surface area contributed by atoms with Crippen LogP contribution in [-0.2, 0) is 19.5 Å². The first kappa shape index (κ1) is 15.7. The largest absolute Gasteiger partial charge is 0.326 e. The highest BCUT2D eigenvalue weighted by Gasteiger charge is 2.04. The second-order valence-electron chi connectivity index (χ2n) is 5.48. The summed E-state index contributed by atoms with van der Waals surface area (Å²) < 4.78 is 0. The van der Waals surface area contributed by atoms with Crippen LogP contribution in [0.3, 0.4) is 0 Å². The van der Waals surface area contributed by atoms with Crippen LogP contribution in [0.4, 0.5) is 0 Å². The first-order valence-corrected chi connectivity index (χ1v) is 7.86. The van der Waals surface area contributed by atoms with E-state index in [1.165, 1.54) is 23.1 Å². The fourth-order valence-electron chi connectivity index (χ4n) is 2.61. The zero-order chi connectivity index (χ0) is 14.9. The van der Waals surface area contributed by atoms with E-state index in [0.29, 0.717) is 6.54 Å². The molecule has 0 radical (unpaired) electrons. The van der Waals surface area contributed by atoms with Gasteiger partial charge < -0.3 is 5.73 Å². The number of nitrogens with zero attached hydrogens (tertiary/aromatic N) is 1. The van der Waals surface area contributed by atoms with Gasteiger partial charge in [-0.3, -0.25) is 4.90 Å². The van der Waals surface area contributed by atoms with Crippen molar-refractivity contribution in [2.45, 2.75) is 32.9 Å². The van der Waals surface area contributed by atoms with Crippen LogP contribution in [0.2, 0.25) is 0 Å². The Hall–Kier alpha value is -1.64. The summed E-state index contributed by atoms with van der Waals surface area (Å²) in [6, 6.07) is 19.3. The van der Waals surface area contributed by atoms with Crippen molar-refractivity contribution in [1.82, 2.24) is 4.90 Å². The number of rotatable bonds is 8. The molecule has 0 aromatic heterocycles. The standard InChI is InChI=1S/C19H26N2/c1-2-21(13-7-12-17-8-4-3-5-9-17)16-19-11-6-10-18(14-19)15-20/h3-6,8-11,14H,2,7,12-13,15-16,20H2,1H3. The van der Waals surface area contributed by atoms with Crippen LogP contribution in [0.15, 0.2) is 54.6 Å². The van der Waals surface area contributed by atoms with Crippen LogP contribution in [0.5, 0.6) is 0 Å². The third-order valence-electron chi connectivity index (χ3n) is 3.86. The Morgan fingerprint density at radius 3 is 2.33 bits per heavy atom. The number of benzene rings is 2. The molecule has 2 aromatic carbocycles. The summed E-state index contributed by atoms with van der Waals surface area (Å²) in [6.07, 6.45) is 2.36. The van der Waals surface area contributed by atoms with E-state index in [9.17, 15) is 0 Å². The van der Waals surface area contributed by atoms with Crippen molar-refractivity contribution in [1.29, 1.82) is 0 Å². The second kappa shape index (κ2) is 8.60. The molecule has 0 aliphatic carbocycles. The van der Waals surface area contributed by atoms with Gasteiger partial charge in [0.2, 0.25) is 0 Å². The van der Waals surface area contributed by atoms with Gasteiger partial charge >= 0.3 is 0 Å². The van der Waals surface area contributed by atoms with Gasteiger partial charge in [0.1, 0.15) is 0 Å². The molecular formula is C19H26N2. The molecule has 0 saturated heterocycles. The van der Waals surface area contributed by atoms with Crippen LogP contribution in [0, 0.1) is 0 Å². The van der Waals surface area contributed by atoms with Crippen LogP contribution in [-0.4, -0.2) is 18.0 Å². The fraction of sp³-hybridized carbons (Fsp3) is 0.368. The topological polar surface area (TPSA) is 29.3 Å². The third-order valence-corrected chi connectivity index (χ3v) is 3.86. The van der Waals surface area contributed by atoms with Crippen molar-refractivity contribution in [3.63, 3.8) is 0 Å². The quantitative estimate of drug-likeness (QED) is 0.801. The lowest BCUT2D eigenvalue weighted by molar-refractivity contribution is 0.276. The smallest absolute Gasteiger partial charge is 0.0233 e. The van der Waals surface area contributed by atoms with E-state index in [1.807, 2.05) is 0 Å². The monoisotopic (exact) mass is 282 g/mol. The van der Waals surface area contributed by atoms with Crippen LogP contribution < -0.4 is 5.73 Å². The highest BCUT2D eigenvalue weighted by atomic mass is 15.1. The molecule has 2 aromatic rings. The van der Waals surface area contributed by atoms with Crippen LogP contribution in [0.25, 0.3) is 0 Å². The molecule has 2 nitrogen and oxygen atoms in total. The predicted octanol–water partition coefficient (Wildman–Crippen LogP) is 3.60. The zero-order valence-corrected chi connectivity index (χ0v) is 13.0. The maximum absolute atomic E-state index is 5.71. The number of hydrogen-bond acceptors (Lipinski definition) is 2. The van der Waals surface area contributed by atoms with E-state index in [4.69, 9.17) is 5.73 Å². The van der Waals surface area contributed by atoms with Gasteiger partial charge in [-0.25, -0.2) is 0 Å². The molecule has 0 aliphatic heterocycles. The Bertz CT molecular complexity index is 522. The minimum absolute atomic E-state index is 0.619. The lowest BCUT2D eigenvalue weighted by Crippen LogP contribution is -2.24. The Kier molecular flexibility index (Phi) is 6.45. The van der Waals surface area contributed by atoms with E-state index >= 15 is 0 Å². The molecule has 0 spiro atoms. The highest BCUT2D eigenvalue weighted by molar-refractivity contribution is 5.23. The van der Waals surface area contributed by atoms with Crippen LogP contribution >= 0.6 is 0 Å². The maximum Gasteiger partial charge on any atom is 0.0233 e. The molecule has 2 heteroatoms. The van der Waals surface area contributed by atoms with Gasteiger partial charge in [0.15, 0.2) is 0 Å². The van der Waals surface area contributed by atoms with Gasteiger partial charge in [0.05, 0.1) is 0 Å². The summed E-state index contributed by atoms with van der Waals surface area (Å²) in [7, 11) is 0. The van der Waals surface area contributed by atoms with E-state index in [-0.39, 0.29) is 0 Å². The lowest BCUT2D eigenvalue weighted by atomic mass is 10.1. The Morgan fingerprint density at radius 2 is 1.62 bits per heavy atom. The minimum Gasteiger partial charge on any atom is -0.326 e. The van der Waals surface area contributed by atoms with Gasteiger partial charge in [-0.2, -0.15) is 0 Å². The maximum atomic E-state index is 5.71. The number of nitrogens with two attached hydrogens (primary N) is 1. The predicted molar refractivity (Wildman–Crippen MR) is 90.0 cm³/mol. The SMILES string of the molecule is CCN(CCCc1ccccc1)Cc1cccc(CN)c1. The first-order chi connectivity index (χ1) is 10.3. The molecule has 0 bridgehead atoms. The lowest BCUT2D eigenvalue weighted by Gasteiger charge is -2.20. The summed E-state index contributed by atoms with van der Waals surface area (Å²) in [5.41, 5.74) is 9.72. The van der Waals surface area contributed by atoms with Crippen molar-refractivity contribution >= 4 is 0 Å². The fourth-order valence-corrected chi connectivity index (χ4v) is 2.61. The third kappa shape index (κ3) is 5.33. The van der Waals surface area contributed by atoms with E-state index < -0.39 is 0 Å². The molecular weight excluding hydrogens is 256 g/mol. The summed E-state index contributed by atoms with van der Waals surface area (Å²) >= 11 is 0. The normalized spacial score (nSPS) is 11.0. The van der Waals surface area contributed by atoms with Crippen molar-refractivity contribution in [3.05, 3.63) is 71.3 Å². The van der Waals surface area contributed by atoms with Crippen molar-refractivity contribution in [2.24, 2.45) is 5.73 Å². The number of hydrogen-bond donors (Lipinski definition) is 1. The Balaban J connectivity index is 1.82. The van der Waals surface area contributed by atoms with E-state index in [1.54, 1.807) is 0 Å². The second-order valence-corrected chi connectivity index (χ2v) is 5.48. The zero-order valence-electron chi connectivity index (χ0n) is 13.0. The molecule has 2 rings (SSSR count). The summed E-state index contributed by atoms with van der Waals surface area (Å²) in [5.74, 6) is 0. The molecule has 0 heterocycles. The molecule has 2 N–H and O–H groups in total. The number of aryl methyl sites for hydroxylation is 1. The van der Waals surface area contributed by atoms with Gasteiger partial charge in [0.25, 0.3) is 0 Å². The van der Waals surface area contributed by atoms with Crippen molar-refractivity contribution in [2.75, 3.05) is 13.1 Å². The molecule has 112 valence electrons. The van der Waals surface area contributed by atoms with Gasteiger partial charge in [-0.05, 0) is 42.6 Å². The minimum atomic E-state index is 0.619. The highest BCUT2D eigenvalue weighted by Crippen LogP contribution is 2.10. The van der Waals surface area contributed by atoms with Crippen molar-refractivity contribution in [3.8, 4) is 0 Å².